The summed E-state index contributed by atoms with van der Waals surface area (Å²) in [7, 11) is 0. The van der Waals surface area contributed by atoms with Crippen molar-refractivity contribution in [3.63, 3.8) is 0 Å². The smallest absolute Gasteiger partial charge is 0.328 e. The molecule has 0 atom stereocenters. The second kappa shape index (κ2) is 5.74. The first-order valence-electron chi connectivity index (χ1n) is 6.26. The fourth-order valence-corrected chi connectivity index (χ4v) is 1.76. The van der Waals surface area contributed by atoms with Crippen molar-refractivity contribution in [2.75, 3.05) is 18.9 Å². The Balaban J connectivity index is 2.44. The number of ether oxygens (including phenoxy) is 1. The van der Waals surface area contributed by atoms with Gasteiger partial charge < -0.3 is 21.2 Å². The lowest BCUT2D eigenvalue weighted by molar-refractivity contribution is 0.290. The lowest BCUT2D eigenvalue weighted by atomic mass is 10.3. The highest BCUT2D eigenvalue weighted by Crippen LogP contribution is 2.18. The summed E-state index contributed by atoms with van der Waals surface area (Å²) in [5, 5.41) is 0. The molecule has 0 saturated heterocycles. The molecule has 2 aromatic heterocycles. The second-order valence-corrected chi connectivity index (χ2v) is 4.55. The van der Waals surface area contributed by atoms with E-state index in [1.807, 2.05) is 6.92 Å². The summed E-state index contributed by atoms with van der Waals surface area (Å²) in [6, 6.07) is 0.137. The highest BCUT2D eigenvalue weighted by atomic mass is 16.5. The van der Waals surface area contributed by atoms with Gasteiger partial charge in [-0.1, -0.05) is 12.2 Å². The van der Waals surface area contributed by atoms with E-state index in [1.165, 1.54) is 4.57 Å². The van der Waals surface area contributed by atoms with E-state index in [-0.39, 0.29) is 17.5 Å². The number of nitrogen functional groups attached to an aromatic ring is 1. The van der Waals surface area contributed by atoms with Crippen LogP contribution in [0.4, 0.5) is 5.82 Å². The molecular formula is C12H18N6O2. The molecule has 0 fully saturated rings. The molecule has 108 valence electrons. The molecule has 20 heavy (non-hydrogen) atoms. The van der Waals surface area contributed by atoms with Crippen LogP contribution in [0.3, 0.4) is 0 Å². The highest BCUT2D eigenvalue weighted by molar-refractivity contribution is 5.81. The Morgan fingerprint density at radius 1 is 1.50 bits per heavy atom. The lowest BCUT2D eigenvalue weighted by Gasteiger charge is -2.06. The van der Waals surface area contributed by atoms with Crippen molar-refractivity contribution >= 4 is 17.0 Å². The Morgan fingerprint density at radius 2 is 2.25 bits per heavy atom. The van der Waals surface area contributed by atoms with Crippen LogP contribution in [0.15, 0.2) is 16.9 Å². The first kappa shape index (κ1) is 14.1. The van der Waals surface area contributed by atoms with Gasteiger partial charge in [0.15, 0.2) is 11.5 Å². The molecule has 2 heterocycles. The number of nitrogens with two attached hydrogens (primary N) is 2. The standard InChI is InChI=1S/C12H18N6O2/c1-7(2)6-18-10-8(15-12(18)19)9(14)16-11(17-10)20-5-3-4-13/h1,3-6,13H2,2H3,(H,15,19)(H2,14,16,17). The number of nitrogens with one attached hydrogen (secondary N) is 1. The number of hydrogen-bond donors (Lipinski definition) is 3. The van der Waals surface area contributed by atoms with Gasteiger partial charge >= 0.3 is 11.7 Å². The molecule has 0 spiro atoms. The molecule has 0 aromatic carbocycles. The molecular weight excluding hydrogens is 260 g/mol. The zero-order chi connectivity index (χ0) is 14.7. The number of hydrogen-bond acceptors (Lipinski definition) is 6. The van der Waals surface area contributed by atoms with Crippen molar-refractivity contribution in [3.8, 4) is 6.01 Å². The fraction of sp³-hybridized carbons (Fsp3) is 0.417. The van der Waals surface area contributed by atoms with Crippen LogP contribution in [0.2, 0.25) is 0 Å². The summed E-state index contributed by atoms with van der Waals surface area (Å²) < 4.78 is 6.82. The fourth-order valence-electron chi connectivity index (χ4n) is 1.76. The second-order valence-electron chi connectivity index (χ2n) is 4.55. The largest absolute Gasteiger partial charge is 0.463 e. The number of nitrogens with zero attached hydrogens (tertiary/aromatic N) is 3. The van der Waals surface area contributed by atoms with Crippen molar-refractivity contribution < 1.29 is 4.74 Å². The maximum atomic E-state index is 11.9. The van der Waals surface area contributed by atoms with Crippen LogP contribution in [0.25, 0.3) is 11.2 Å². The topological polar surface area (TPSA) is 125 Å². The molecule has 0 radical (unpaired) electrons. The van der Waals surface area contributed by atoms with Crippen LogP contribution in [0.1, 0.15) is 13.3 Å². The Morgan fingerprint density at radius 3 is 2.90 bits per heavy atom. The van der Waals surface area contributed by atoms with Crippen molar-refractivity contribution in [2.45, 2.75) is 19.9 Å². The number of rotatable bonds is 6. The summed E-state index contributed by atoms with van der Waals surface area (Å²) in [5.41, 5.74) is 12.5. The van der Waals surface area contributed by atoms with Gasteiger partial charge in [0.1, 0.15) is 5.52 Å². The minimum Gasteiger partial charge on any atom is -0.463 e. The number of aromatic nitrogens is 4. The Labute approximate surface area is 115 Å². The number of fused-ring (bicyclic) bond motifs is 1. The number of imidazole rings is 1. The Kier molecular flexibility index (Phi) is 4.04. The number of aromatic amines is 1. The van der Waals surface area contributed by atoms with E-state index in [4.69, 9.17) is 16.2 Å². The molecule has 0 aliphatic rings. The van der Waals surface area contributed by atoms with Gasteiger partial charge in [-0.25, -0.2) is 4.79 Å². The van der Waals surface area contributed by atoms with Gasteiger partial charge in [-0.2, -0.15) is 9.97 Å². The van der Waals surface area contributed by atoms with Crippen molar-refractivity contribution in [2.24, 2.45) is 5.73 Å². The summed E-state index contributed by atoms with van der Waals surface area (Å²) in [4.78, 5) is 22.7. The Hall–Kier alpha value is -2.35. The van der Waals surface area contributed by atoms with Gasteiger partial charge in [-0.15, -0.1) is 0 Å². The average molecular weight is 278 g/mol. The van der Waals surface area contributed by atoms with Crippen LogP contribution in [-0.4, -0.2) is 32.7 Å². The molecule has 2 rings (SSSR count). The molecule has 0 saturated carbocycles. The van der Waals surface area contributed by atoms with Gasteiger partial charge in [0.25, 0.3) is 0 Å². The summed E-state index contributed by atoms with van der Waals surface area (Å²) in [6.45, 7) is 6.89. The van der Waals surface area contributed by atoms with Crippen LogP contribution >= 0.6 is 0 Å². The van der Waals surface area contributed by atoms with Crippen LogP contribution < -0.4 is 21.9 Å². The van der Waals surface area contributed by atoms with Crippen molar-refractivity contribution in [1.82, 2.24) is 19.5 Å². The number of anilines is 1. The molecule has 0 unspecified atom stereocenters. The normalized spacial score (nSPS) is 10.9. The minimum absolute atomic E-state index is 0.137. The molecule has 8 nitrogen and oxygen atoms in total. The molecule has 8 heteroatoms. The molecule has 0 aliphatic carbocycles. The van der Waals surface area contributed by atoms with Crippen molar-refractivity contribution in [1.29, 1.82) is 0 Å². The summed E-state index contributed by atoms with van der Waals surface area (Å²) >= 11 is 0. The van der Waals surface area contributed by atoms with Gasteiger partial charge in [-0.3, -0.25) is 4.57 Å². The van der Waals surface area contributed by atoms with Gasteiger partial charge in [0, 0.05) is 6.54 Å². The maximum Gasteiger partial charge on any atom is 0.328 e. The average Bonchev–Trinajstić information content (AvgIpc) is 2.68. The van der Waals surface area contributed by atoms with Crippen LogP contribution in [0.5, 0.6) is 6.01 Å². The van der Waals surface area contributed by atoms with Crippen molar-refractivity contribution in [3.05, 3.63) is 22.6 Å². The third kappa shape index (κ3) is 2.80. The van der Waals surface area contributed by atoms with Gasteiger partial charge in [0.05, 0.1) is 6.61 Å². The van der Waals surface area contributed by atoms with E-state index in [2.05, 4.69) is 21.5 Å². The number of H-pyrrole nitrogens is 1. The minimum atomic E-state index is -0.303. The van der Waals surface area contributed by atoms with E-state index < -0.39 is 0 Å². The monoisotopic (exact) mass is 278 g/mol. The van der Waals surface area contributed by atoms with Gasteiger partial charge in [0.2, 0.25) is 0 Å². The molecule has 2 aromatic rings. The third-order valence-electron chi connectivity index (χ3n) is 2.64. The Bertz CT molecular complexity index is 687. The molecule has 0 amide bonds. The zero-order valence-corrected chi connectivity index (χ0v) is 11.3. The van der Waals surface area contributed by atoms with Crippen LogP contribution in [0, 0.1) is 0 Å². The first-order chi connectivity index (χ1) is 9.52. The van der Waals surface area contributed by atoms with E-state index in [0.29, 0.717) is 37.3 Å². The van der Waals surface area contributed by atoms with E-state index in [0.717, 1.165) is 5.57 Å². The predicted octanol–water partition coefficient (Wildman–Crippen LogP) is 0.00550. The predicted molar refractivity (Wildman–Crippen MR) is 76.5 cm³/mol. The molecule has 5 N–H and O–H groups in total. The lowest BCUT2D eigenvalue weighted by Crippen LogP contribution is -2.17. The third-order valence-corrected chi connectivity index (χ3v) is 2.64. The maximum absolute atomic E-state index is 11.9. The quantitative estimate of drug-likeness (QED) is 0.504. The van der Waals surface area contributed by atoms with E-state index >= 15 is 0 Å². The zero-order valence-electron chi connectivity index (χ0n) is 11.3. The summed E-state index contributed by atoms with van der Waals surface area (Å²) in [6.07, 6.45) is 0.688. The number of allylic oxidation sites excluding steroid dienone is 1. The first-order valence-corrected chi connectivity index (χ1v) is 6.26. The molecule has 0 bridgehead atoms. The van der Waals surface area contributed by atoms with Crippen LogP contribution in [-0.2, 0) is 6.54 Å². The van der Waals surface area contributed by atoms with E-state index in [9.17, 15) is 4.79 Å². The summed E-state index contributed by atoms with van der Waals surface area (Å²) in [5.74, 6) is 0.176. The van der Waals surface area contributed by atoms with E-state index in [1.54, 1.807) is 0 Å². The SMILES string of the molecule is C=C(C)Cn1c(=O)[nH]c2c(N)nc(OCCCN)nc21. The van der Waals surface area contributed by atoms with Gasteiger partial charge in [-0.05, 0) is 19.9 Å². The molecule has 0 aliphatic heterocycles. The highest BCUT2D eigenvalue weighted by Gasteiger charge is 2.14.